The van der Waals surface area contributed by atoms with E-state index < -0.39 is 0 Å². The lowest BCUT2D eigenvalue weighted by Gasteiger charge is -2.21. The predicted molar refractivity (Wildman–Crippen MR) is 80.6 cm³/mol. The van der Waals surface area contributed by atoms with Crippen LogP contribution in [0, 0.1) is 0 Å². The summed E-state index contributed by atoms with van der Waals surface area (Å²) in [5.41, 5.74) is 1.15. The minimum atomic E-state index is 0.353. The van der Waals surface area contributed by atoms with Crippen molar-refractivity contribution in [3.63, 3.8) is 0 Å². The Morgan fingerprint density at radius 2 is 2.24 bits per heavy atom. The highest BCUT2D eigenvalue weighted by Crippen LogP contribution is 2.30. The molecule has 0 saturated carbocycles. The van der Waals surface area contributed by atoms with Gasteiger partial charge < -0.3 is 0 Å². The summed E-state index contributed by atoms with van der Waals surface area (Å²) in [5.74, 6) is 0.979. The summed E-state index contributed by atoms with van der Waals surface area (Å²) in [6.45, 7) is 6.42. The Bertz CT molecular complexity index is 542. The Morgan fingerprint density at radius 3 is 2.95 bits per heavy atom. The van der Waals surface area contributed by atoms with Gasteiger partial charge in [0.1, 0.15) is 12.2 Å². The van der Waals surface area contributed by atoms with Crippen LogP contribution in [0.4, 0.5) is 0 Å². The predicted octanol–water partition coefficient (Wildman–Crippen LogP) is 2.70. The number of aromatic nitrogens is 5. The monoisotopic (exact) mass is 288 g/mol. The third-order valence-corrected chi connectivity index (χ3v) is 4.46. The normalized spacial score (nSPS) is 19.7. The second kappa shape index (κ2) is 6.39. The SMILES string of the molecule is CCC(CC)n1ccc(CN2CCC[C@H]2c2ncn[nH]2)n1. The number of nitrogens with one attached hydrogen (secondary N) is 1. The van der Waals surface area contributed by atoms with Crippen LogP contribution in [0.1, 0.15) is 63.1 Å². The van der Waals surface area contributed by atoms with Gasteiger partial charge in [0.2, 0.25) is 0 Å². The summed E-state index contributed by atoms with van der Waals surface area (Å²) in [7, 11) is 0. The number of H-pyrrole nitrogens is 1. The van der Waals surface area contributed by atoms with Crippen LogP contribution in [-0.4, -0.2) is 36.4 Å². The Morgan fingerprint density at radius 1 is 1.38 bits per heavy atom. The molecule has 1 N–H and O–H groups in total. The van der Waals surface area contributed by atoms with Crippen molar-refractivity contribution >= 4 is 0 Å². The molecule has 2 aromatic heterocycles. The molecule has 1 aliphatic rings. The van der Waals surface area contributed by atoms with Crippen molar-refractivity contribution in [1.29, 1.82) is 0 Å². The first-order valence-corrected chi connectivity index (χ1v) is 7.95. The zero-order chi connectivity index (χ0) is 14.7. The molecule has 0 spiro atoms. The van der Waals surface area contributed by atoms with Gasteiger partial charge in [0.25, 0.3) is 0 Å². The van der Waals surface area contributed by atoms with Gasteiger partial charge >= 0.3 is 0 Å². The van der Waals surface area contributed by atoms with Crippen LogP contribution in [0.15, 0.2) is 18.6 Å². The number of hydrogen-bond donors (Lipinski definition) is 1. The summed E-state index contributed by atoms with van der Waals surface area (Å²) in [5, 5.41) is 11.7. The van der Waals surface area contributed by atoms with Crippen molar-refractivity contribution in [2.24, 2.45) is 0 Å². The maximum absolute atomic E-state index is 4.76. The van der Waals surface area contributed by atoms with E-state index in [2.05, 4.69) is 50.9 Å². The van der Waals surface area contributed by atoms with Crippen LogP contribution < -0.4 is 0 Å². The van der Waals surface area contributed by atoms with E-state index in [0.29, 0.717) is 12.1 Å². The molecule has 3 heterocycles. The summed E-state index contributed by atoms with van der Waals surface area (Å²) in [4.78, 5) is 6.76. The number of aromatic amines is 1. The van der Waals surface area contributed by atoms with Crippen LogP contribution >= 0.6 is 0 Å². The molecule has 6 nitrogen and oxygen atoms in total. The summed E-state index contributed by atoms with van der Waals surface area (Å²) in [6, 6.07) is 3.02. The molecule has 114 valence electrons. The molecule has 1 saturated heterocycles. The van der Waals surface area contributed by atoms with Crippen molar-refractivity contribution in [1.82, 2.24) is 29.9 Å². The first kappa shape index (κ1) is 14.3. The molecule has 0 aromatic carbocycles. The molecule has 2 aromatic rings. The quantitative estimate of drug-likeness (QED) is 0.887. The smallest absolute Gasteiger partial charge is 0.141 e. The van der Waals surface area contributed by atoms with E-state index in [9.17, 15) is 0 Å². The summed E-state index contributed by atoms with van der Waals surface area (Å²) < 4.78 is 2.12. The van der Waals surface area contributed by atoms with E-state index in [1.165, 1.54) is 6.42 Å². The highest BCUT2D eigenvalue weighted by Gasteiger charge is 2.28. The Labute approximate surface area is 125 Å². The van der Waals surface area contributed by atoms with Crippen LogP contribution in [-0.2, 0) is 6.54 Å². The lowest BCUT2D eigenvalue weighted by atomic mass is 10.2. The number of likely N-dealkylation sites (tertiary alicyclic amines) is 1. The fourth-order valence-corrected chi connectivity index (χ4v) is 3.24. The standard InChI is InChI=1S/C15H24N6/c1-3-13(4-2)21-9-7-12(19-21)10-20-8-5-6-14(20)15-16-11-17-18-15/h7,9,11,13-14H,3-6,8,10H2,1-2H3,(H,16,17,18)/t14-/m0/s1. The molecule has 3 rings (SSSR count). The van der Waals surface area contributed by atoms with E-state index in [1.807, 2.05) is 0 Å². The largest absolute Gasteiger partial charge is 0.287 e. The average molecular weight is 288 g/mol. The number of rotatable bonds is 6. The van der Waals surface area contributed by atoms with Crippen molar-refractivity contribution in [3.05, 3.63) is 30.1 Å². The molecule has 0 aliphatic carbocycles. The number of nitrogens with zero attached hydrogens (tertiary/aromatic N) is 5. The van der Waals surface area contributed by atoms with E-state index in [1.54, 1.807) is 6.33 Å². The summed E-state index contributed by atoms with van der Waals surface area (Å²) in [6.07, 6.45) is 8.31. The fourth-order valence-electron chi connectivity index (χ4n) is 3.24. The van der Waals surface area contributed by atoms with Crippen molar-refractivity contribution < 1.29 is 0 Å². The van der Waals surface area contributed by atoms with Gasteiger partial charge in [-0.15, -0.1) is 0 Å². The Kier molecular flexibility index (Phi) is 4.34. The zero-order valence-corrected chi connectivity index (χ0v) is 12.9. The number of hydrogen-bond acceptors (Lipinski definition) is 4. The van der Waals surface area contributed by atoms with Gasteiger partial charge in [-0.2, -0.15) is 10.2 Å². The molecule has 1 aliphatic heterocycles. The Balaban J connectivity index is 1.68. The van der Waals surface area contributed by atoms with E-state index in [0.717, 1.165) is 43.9 Å². The first-order valence-electron chi connectivity index (χ1n) is 7.95. The molecule has 0 radical (unpaired) electrons. The first-order chi connectivity index (χ1) is 10.3. The molecule has 0 bridgehead atoms. The van der Waals surface area contributed by atoms with Gasteiger partial charge in [-0.1, -0.05) is 13.8 Å². The van der Waals surface area contributed by atoms with Gasteiger partial charge in [0, 0.05) is 12.7 Å². The molecular formula is C15H24N6. The topological polar surface area (TPSA) is 62.6 Å². The van der Waals surface area contributed by atoms with Crippen LogP contribution in [0.3, 0.4) is 0 Å². The van der Waals surface area contributed by atoms with Gasteiger partial charge in [0.05, 0.1) is 17.8 Å². The highest BCUT2D eigenvalue weighted by atomic mass is 15.3. The van der Waals surface area contributed by atoms with Crippen LogP contribution in [0.25, 0.3) is 0 Å². The van der Waals surface area contributed by atoms with Crippen molar-refractivity contribution in [2.45, 2.75) is 58.2 Å². The molecule has 1 atom stereocenters. The van der Waals surface area contributed by atoms with Crippen molar-refractivity contribution in [2.75, 3.05) is 6.54 Å². The average Bonchev–Trinajstić information content (AvgIpc) is 3.21. The van der Waals surface area contributed by atoms with Gasteiger partial charge in [-0.3, -0.25) is 14.7 Å². The summed E-state index contributed by atoms with van der Waals surface area (Å²) >= 11 is 0. The van der Waals surface area contributed by atoms with Crippen molar-refractivity contribution in [3.8, 4) is 0 Å². The Hall–Kier alpha value is -1.69. The lowest BCUT2D eigenvalue weighted by molar-refractivity contribution is 0.236. The van der Waals surface area contributed by atoms with Crippen LogP contribution in [0.2, 0.25) is 0 Å². The minimum absolute atomic E-state index is 0.353. The molecule has 0 unspecified atom stereocenters. The molecule has 0 amide bonds. The van der Waals surface area contributed by atoms with E-state index in [4.69, 9.17) is 5.10 Å². The minimum Gasteiger partial charge on any atom is -0.287 e. The van der Waals surface area contributed by atoms with Gasteiger partial charge in [0.15, 0.2) is 0 Å². The maximum Gasteiger partial charge on any atom is 0.141 e. The molecule has 6 heteroatoms. The van der Waals surface area contributed by atoms with Gasteiger partial charge in [-0.05, 0) is 38.3 Å². The fraction of sp³-hybridized carbons (Fsp3) is 0.667. The zero-order valence-electron chi connectivity index (χ0n) is 12.9. The lowest BCUT2D eigenvalue weighted by Crippen LogP contribution is -2.24. The molecule has 21 heavy (non-hydrogen) atoms. The van der Waals surface area contributed by atoms with Crippen LogP contribution in [0.5, 0.6) is 0 Å². The second-order valence-electron chi connectivity index (χ2n) is 5.76. The third kappa shape index (κ3) is 3.00. The third-order valence-electron chi connectivity index (χ3n) is 4.46. The van der Waals surface area contributed by atoms with E-state index in [-0.39, 0.29) is 0 Å². The van der Waals surface area contributed by atoms with E-state index >= 15 is 0 Å². The highest BCUT2D eigenvalue weighted by molar-refractivity contribution is 5.03. The molecular weight excluding hydrogens is 264 g/mol. The maximum atomic E-state index is 4.76. The molecule has 1 fully saturated rings. The second-order valence-corrected chi connectivity index (χ2v) is 5.76. The van der Waals surface area contributed by atoms with Gasteiger partial charge in [-0.25, -0.2) is 4.98 Å².